The lowest BCUT2D eigenvalue weighted by molar-refractivity contribution is -0.134. The summed E-state index contributed by atoms with van der Waals surface area (Å²) in [4.78, 5) is 26.2. The number of aryl methyl sites for hydroxylation is 2. The van der Waals surface area contributed by atoms with Crippen molar-refractivity contribution in [2.24, 2.45) is 0 Å². The highest BCUT2D eigenvalue weighted by molar-refractivity contribution is 9.10. The van der Waals surface area contributed by atoms with E-state index in [4.69, 9.17) is 0 Å². The van der Waals surface area contributed by atoms with Crippen LogP contribution in [0, 0.1) is 13.8 Å². The molecule has 0 unspecified atom stereocenters. The fraction of sp³-hybridized carbons (Fsp3) is 0.222. The Bertz CT molecular complexity index is 744. The number of carbonyl (C=O) groups excluding carboxylic acids is 2. The molecule has 0 heterocycles. The third-order valence-electron chi connectivity index (χ3n) is 3.48. The van der Waals surface area contributed by atoms with Gasteiger partial charge in [-0.1, -0.05) is 28.1 Å². The minimum absolute atomic E-state index is 0.426. The number of benzene rings is 2. The first kappa shape index (κ1) is 17.2. The average molecular weight is 375 g/mol. The number of anilines is 2. The first-order valence-corrected chi connectivity index (χ1v) is 8.17. The number of amides is 2. The van der Waals surface area contributed by atoms with Crippen LogP contribution in [0.5, 0.6) is 0 Å². The highest BCUT2D eigenvalue weighted by atomic mass is 79.9. The predicted molar refractivity (Wildman–Crippen MR) is 96.7 cm³/mol. The number of rotatable bonds is 3. The fourth-order valence-corrected chi connectivity index (χ4v) is 2.52. The van der Waals surface area contributed by atoms with Gasteiger partial charge in [-0.25, -0.2) is 0 Å². The second kappa shape index (κ2) is 7.42. The minimum atomic E-state index is -0.643. The van der Waals surface area contributed by atoms with Gasteiger partial charge in [-0.2, -0.15) is 0 Å². The lowest BCUT2D eigenvalue weighted by Crippen LogP contribution is -2.39. The van der Waals surface area contributed by atoms with Crippen molar-refractivity contribution in [3.8, 4) is 0 Å². The maximum atomic E-state index is 12.4. The summed E-state index contributed by atoms with van der Waals surface area (Å²) in [6.07, 6.45) is 0. The Kier molecular flexibility index (Phi) is 5.55. The summed E-state index contributed by atoms with van der Waals surface area (Å²) in [6, 6.07) is 12.9. The SMILES string of the molecule is CCN(C(=O)C(=O)Nc1ccc(Br)c(C)c1)c1cccc(C)c1. The van der Waals surface area contributed by atoms with Crippen molar-refractivity contribution < 1.29 is 9.59 Å². The minimum Gasteiger partial charge on any atom is -0.318 e. The lowest BCUT2D eigenvalue weighted by Gasteiger charge is -2.21. The van der Waals surface area contributed by atoms with Crippen molar-refractivity contribution in [2.75, 3.05) is 16.8 Å². The van der Waals surface area contributed by atoms with E-state index in [2.05, 4.69) is 21.2 Å². The molecule has 2 amide bonds. The third-order valence-corrected chi connectivity index (χ3v) is 4.37. The molecule has 0 spiro atoms. The summed E-state index contributed by atoms with van der Waals surface area (Å²) in [5.41, 5.74) is 3.35. The number of carbonyl (C=O) groups is 2. The Morgan fingerprint density at radius 3 is 2.48 bits per heavy atom. The third kappa shape index (κ3) is 4.20. The van der Waals surface area contributed by atoms with Gasteiger partial charge in [0.2, 0.25) is 0 Å². The van der Waals surface area contributed by atoms with Crippen molar-refractivity contribution in [2.45, 2.75) is 20.8 Å². The van der Waals surface area contributed by atoms with Crippen LogP contribution in [0.2, 0.25) is 0 Å². The highest BCUT2D eigenvalue weighted by Gasteiger charge is 2.22. The van der Waals surface area contributed by atoms with Crippen molar-refractivity contribution in [3.63, 3.8) is 0 Å². The molecule has 23 heavy (non-hydrogen) atoms. The molecule has 120 valence electrons. The smallest absolute Gasteiger partial charge is 0.316 e. The van der Waals surface area contributed by atoms with Gasteiger partial charge in [0.1, 0.15) is 0 Å². The fourth-order valence-electron chi connectivity index (χ4n) is 2.27. The second-order valence-corrected chi connectivity index (χ2v) is 6.16. The molecule has 0 aliphatic rings. The van der Waals surface area contributed by atoms with Crippen molar-refractivity contribution >= 4 is 39.1 Å². The molecular formula is C18H19BrN2O2. The lowest BCUT2D eigenvalue weighted by atomic mass is 10.2. The molecule has 0 aromatic heterocycles. The van der Waals surface area contributed by atoms with Crippen LogP contribution in [0.15, 0.2) is 46.9 Å². The van der Waals surface area contributed by atoms with Crippen molar-refractivity contribution in [1.29, 1.82) is 0 Å². The van der Waals surface area contributed by atoms with Gasteiger partial charge in [-0.05, 0) is 62.2 Å². The molecule has 0 saturated heterocycles. The monoisotopic (exact) mass is 374 g/mol. The summed E-state index contributed by atoms with van der Waals surface area (Å²) in [7, 11) is 0. The molecule has 0 saturated carbocycles. The second-order valence-electron chi connectivity index (χ2n) is 5.31. The molecule has 5 heteroatoms. The zero-order chi connectivity index (χ0) is 17.0. The molecule has 4 nitrogen and oxygen atoms in total. The van der Waals surface area contributed by atoms with Gasteiger partial charge in [0.25, 0.3) is 0 Å². The van der Waals surface area contributed by atoms with Crippen molar-refractivity contribution in [3.05, 3.63) is 58.1 Å². The molecule has 2 aromatic rings. The molecule has 0 bridgehead atoms. The van der Waals surface area contributed by atoms with E-state index in [1.54, 1.807) is 6.07 Å². The quantitative estimate of drug-likeness (QED) is 0.823. The molecule has 0 aliphatic carbocycles. The Morgan fingerprint density at radius 2 is 1.87 bits per heavy atom. The summed E-state index contributed by atoms with van der Waals surface area (Å²) in [5.74, 6) is -1.21. The van der Waals surface area contributed by atoms with E-state index in [0.29, 0.717) is 12.2 Å². The topological polar surface area (TPSA) is 49.4 Å². The van der Waals surface area contributed by atoms with Gasteiger partial charge in [0.15, 0.2) is 0 Å². The number of nitrogens with one attached hydrogen (secondary N) is 1. The molecule has 1 N–H and O–H groups in total. The van der Waals surface area contributed by atoms with Gasteiger partial charge < -0.3 is 10.2 Å². The van der Waals surface area contributed by atoms with Crippen LogP contribution in [-0.4, -0.2) is 18.4 Å². The van der Waals surface area contributed by atoms with Gasteiger partial charge in [-0.3, -0.25) is 9.59 Å². The first-order valence-electron chi connectivity index (χ1n) is 7.38. The number of nitrogens with zero attached hydrogens (tertiary/aromatic N) is 1. The molecule has 0 fully saturated rings. The van der Waals surface area contributed by atoms with E-state index in [1.807, 2.05) is 57.2 Å². The largest absolute Gasteiger partial charge is 0.318 e. The molecule has 0 aliphatic heterocycles. The maximum Gasteiger partial charge on any atom is 0.316 e. The van der Waals surface area contributed by atoms with E-state index in [-0.39, 0.29) is 0 Å². The van der Waals surface area contributed by atoms with Crippen LogP contribution >= 0.6 is 15.9 Å². The Hall–Kier alpha value is -2.14. The highest BCUT2D eigenvalue weighted by Crippen LogP contribution is 2.21. The standard InChI is InChI=1S/C18H19BrN2O2/c1-4-21(15-7-5-6-12(2)10-15)18(23)17(22)20-14-8-9-16(19)13(3)11-14/h5-11H,4H2,1-3H3,(H,20,22). The summed E-state index contributed by atoms with van der Waals surface area (Å²) < 4.78 is 0.955. The molecular weight excluding hydrogens is 356 g/mol. The van der Waals surface area contributed by atoms with Gasteiger partial charge in [0.05, 0.1) is 0 Å². The van der Waals surface area contributed by atoms with E-state index in [1.165, 1.54) is 4.90 Å². The van der Waals surface area contributed by atoms with Crippen LogP contribution in [0.25, 0.3) is 0 Å². The molecule has 2 aromatic carbocycles. The van der Waals surface area contributed by atoms with E-state index in [0.717, 1.165) is 21.3 Å². The molecule has 0 radical (unpaired) electrons. The predicted octanol–water partition coefficient (Wildman–Crippen LogP) is 4.06. The summed E-state index contributed by atoms with van der Waals surface area (Å²) >= 11 is 3.41. The normalized spacial score (nSPS) is 10.3. The van der Waals surface area contributed by atoms with Gasteiger partial charge in [-0.15, -0.1) is 0 Å². The van der Waals surface area contributed by atoms with Gasteiger partial charge >= 0.3 is 11.8 Å². The van der Waals surface area contributed by atoms with Crippen LogP contribution in [0.4, 0.5) is 11.4 Å². The van der Waals surface area contributed by atoms with Crippen LogP contribution in [-0.2, 0) is 9.59 Å². The average Bonchev–Trinajstić information content (AvgIpc) is 2.51. The Balaban J connectivity index is 2.17. The van der Waals surface area contributed by atoms with Crippen molar-refractivity contribution in [1.82, 2.24) is 0 Å². The zero-order valence-electron chi connectivity index (χ0n) is 13.4. The zero-order valence-corrected chi connectivity index (χ0v) is 15.0. The number of halogens is 1. The molecule has 2 rings (SSSR count). The number of hydrogen-bond donors (Lipinski definition) is 1. The van der Waals surface area contributed by atoms with Crippen LogP contribution in [0.1, 0.15) is 18.1 Å². The number of likely N-dealkylation sites (N-methyl/N-ethyl adjacent to an activating group) is 1. The molecule has 0 atom stereocenters. The Labute approximate surface area is 144 Å². The Morgan fingerprint density at radius 1 is 1.13 bits per heavy atom. The summed E-state index contributed by atoms with van der Waals surface area (Å²) in [6.45, 7) is 6.14. The van der Waals surface area contributed by atoms with E-state index in [9.17, 15) is 9.59 Å². The summed E-state index contributed by atoms with van der Waals surface area (Å²) in [5, 5.41) is 2.66. The number of hydrogen-bond acceptors (Lipinski definition) is 2. The van der Waals surface area contributed by atoms with E-state index < -0.39 is 11.8 Å². The maximum absolute atomic E-state index is 12.4. The first-order chi connectivity index (χ1) is 10.9. The van der Waals surface area contributed by atoms with E-state index >= 15 is 0 Å². The van der Waals surface area contributed by atoms with Crippen LogP contribution in [0.3, 0.4) is 0 Å². The van der Waals surface area contributed by atoms with Crippen LogP contribution < -0.4 is 10.2 Å². The van der Waals surface area contributed by atoms with Gasteiger partial charge in [0, 0.05) is 22.4 Å².